The fourth-order valence-corrected chi connectivity index (χ4v) is 8.61. The van der Waals surface area contributed by atoms with E-state index in [0.29, 0.717) is 0 Å². The average molecular weight is 1030 g/mol. The van der Waals surface area contributed by atoms with Crippen molar-refractivity contribution in [3.8, 4) is 0 Å². The second-order valence-electron chi connectivity index (χ2n) is 21.5. The highest BCUT2D eigenvalue weighted by Crippen LogP contribution is 2.26. The molecule has 0 bridgehead atoms. The Bertz CT molecular complexity index is 990. The Kier molecular flexibility index (Phi) is 67.3. The molecule has 0 aliphatic rings. The first kappa shape index (κ1) is 76.0. The molecule has 0 atom stereocenters. The molecule has 71 heavy (non-hydrogen) atoms. The number of hydrogen-bond donors (Lipinski definition) is 3. The smallest absolute Gasteiger partial charge is 0.349 e. The van der Waals surface area contributed by atoms with Crippen LogP contribution in [0.5, 0.6) is 0 Å². The minimum absolute atomic E-state index is 0.273. The highest BCUT2D eigenvalue weighted by molar-refractivity contribution is 7.45. The van der Waals surface area contributed by atoms with E-state index in [4.69, 9.17) is 19.2 Å². The van der Waals surface area contributed by atoms with Gasteiger partial charge in [0.25, 0.3) is 0 Å². The molecular formula is C60H126N3O7P. The van der Waals surface area contributed by atoms with Crippen LogP contribution in [0.2, 0.25) is 0 Å². The van der Waals surface area contributed by atoms with Crippen molar-refractivity contribution < 1.29 is 33.6 Å². The van der Waals surface area contributed by atoms with E-state index in [1.54, 1.807) is 14.7 Å². The molecule has 0 unspecified atom stereocenters. The standard InChI is InChI=1S/3C20H41NO.H3O4P/c3*1-4-5-6-7-8-9-10-11-12-13-14-15-16-17-18-19-20(22)21(2)3;1-5(2,3)4/h3*4-19H2,1-3H3;(H3,1,2,3,4). The van der Waals surface area contributed by atoms with Crippen LogP contribution in [-0.2, 0) is 18.9 Å². The van der Waals surface area contributed by atoms with Crippen LogP contribution in [0.1, 0.15) is 329 Å². The lowest BCUT2D eigenvalue weighted by Crippen LogP contribution is -2.20. The molecule has 0 rings (SSSR count). The first-order chi connectivity index (χ1) is 34.0. The van der Waals surface area contributed by atoms with Crippen molar-refractivity contribution in [3.63, 3.8) is 0 Å². The van der Waals surface area contributed by atoms with E-state index in [1.807, 2.05) is 42.3 Å². The highest BCUT2D eigenvalue weighted by Gasteiger charge is 2.05. The Balaban J connectivity index is -0.000000451. The van der Waals surface area contributed by atoms with Crippen LogP contribution in [0.3, 0.4) is 0 Å². The molecule has 11 heteroatoms. The van der Waals surface area contributed by atoms with Gasteiger partial charge in [-0.25, -0.2) is 4.57 Å². The van der Waals surface area contributed by atoms with E-state index in [0.717, 1.165) is 38.5 Å². The van der Waals surface area contributed by atoms with Gasteiger partial charge in [-0.15, -0.1) is 0 Å². The van der Waals surface area contributed by atoms with Gasteiger partial charge in [-0.2, -0.15) is 0 Å². The van der Waals surface area contributed by atoms with Crippen LogP contribution in [0.4, 0.5) is 0 Å². The molecule has 0 radical (unpaired) electrons. The third-order valence-corrected chi connectivity index (χ3v) is 13.5. The van der Waals surface area contributed by atoms with Gasteiger partial charge in [0.2, 0.25) is 17.7 Å². The topological polar surface area (TPSA) is 139 Å². The van der Waals surface area contributed by atoms with Gasteiger partial charge in [0.15, 0.2) is 0 Å². The summed E-state index contributed by atoms with van der Waals surface area (Å²) in [5.74, 6) is 0.819. The molecule has 0 spiro atoms. The molecule has 0 aromatic carbocycles. The second-order valence-corrected chi connectivity index (χ2v) is 22.5. The Hall–Kier alpha value is -1.48. The summed E-state index contributed by atoms with van der Waals surface area (Å²) in [4.78, 5) is 60.9. The molecule has 0 aromatic rings. The largest absolute Gasteiger partial charge is 0.466 e. The van der Waals surface area contributed by atoms with Crippen molar-refractivity contribution >= 4 is 25.5 Å². The van der Waals surface area contributed by atoms with E-state index in [9.17, 15) is 14.4 Å². The van der Waals surface area contributed by atoms with Gasteiger partial charge in [0.1, 0.15) is 0 Å². The zero-order chi connectivity index (χ0) is 53.9. The van der Waals surface area contributed by atoms with Crippen LogP contribution < -0.4 is 0 Å². The van der Waals surface area contributed by atoms with E-state index < -0.39 is 7.82 Å². The summed E-state index contributed by atoms with van der Waals surface area (Å²) in [6.45, 7) is 6.84. The monoisotopic (exact) mass is 1030 g/mol. The number of carbonyl (C=O) groups excluding carboxylic acids is 3. The zero-order valence-corrected chi connectivity index (χ0v) is 50.1. The SMILES string of the molecule is CCCCCCCCCCCCCCCCCC(=O)N(C)C.CCCCCCCCCCCCCCCCCC(=O)N(C)C.CCCCCCCCCCCCCCCCCC(=O)N(C)C.O=P(O)(O)O. The summed E-state index contributed by atoms with van der Waals surface area (Å²) in [6, 6.07) is 0. The van der Waals surface area contributed by atoms with Crippen LogP contribution in [0, 0.1) is 0 Å². The van der Waals surface area contributed by atoms with Crippen molar-refractivity contribution in [1.82, 2.24) is 14.7 Å². The van der Waals surface area contributed by atoms with Crippen LogP contribution in [0.15, 0.2) is 0 Å². The summed E-state index contributed by atoms with van der Waals surface area (Å²) >= 11 is 0. The van der Waals surface area contributed by atoms with Gasteiger partial charge in [-0.3, -0.25) is 14.4 Å². The number of nitrogens with zero attached hydrogens (tertiary/aromatic N) is 3. The number of amides is 3. The van der Waals surface area contributed by atoms with E-state index in [1.165, 1.54) is 270 Å². The van der Waals surface area contributed by atoms with Crippen molar-refractivity contribution in [3.05, 3.63) is 0 Å². The summed E-state index contributed by atoms with van der Waals surface area (Å²) in [7, 11) is 6.41. The molecule has 10 nitrogen and oxygen atoms in total. The maximum absolute atomic E-state index is 11.4. The summed E-state index contributed by atoms with van der Waals surface area (Å²) in [5.41, 5.74) is 0. The van der Waals surface area contributed by atoms with Crippen molar-refractivity contribution in [2.75, 3.05) is 42.3 Å². The molecule has 0 fully saturated rings. The lowest BCUT2D eigenvalue weighted by molar-refractivity contribution is -0.129. The maximum Gasteiger partial charge on any atom is 0.466 e. The van der Waals surface area contributed by atoms with Crippen molar-refractivity contribution in [1.29, 1.82) is 0 Å². The summed E-state index contributed by atoms with van der Waals surface area (Å²) < 4.78 is 8.88. The van der Waals surface area contributed by atoms with E-state index in [2.05, 4.69) is 20.8 Å². The third-order valence-electron chi connectivity index (χ3n) is 13.5. The first-order valence-electron chi connectivity index (χ1n) is 30.4. The predicted octanol–water partition coefficient (Wildman–Crippen LogP) is 18.1. The van der Waals surface area contributed by atoms with Crippen LogP contribution in [0.25, 0.3) is 0 Å². The molecule has 0 aromatic heterocycles. The summed E-state index contributed by atoms with van der Waals surface area (Å²) in [6.07, 6.45) is 64.0. The van der Waals surface area contributed by atoms with Crippen molar-refractivity contribution in [2.24, 2.45) is 0 Å². The number of carbonyl (C=O) groups is 3. The van der Waals surface area contributed by atoms with Crippen LogP contribution in [-0.4, -0.2) is 89.4 Å². The van der Waals surface area contributed by atoms with Gasteiger partial charge >= 0.3 is 7.82 Å². The van der Waals surface area contributed by atoms with Crippen LogP contribution >= 0.6 is 7.82 Å². The minimum atomic E-state index is -4.64. The number of phosphoric acid groups is 1. The molecule has 428 valence electrons. The lowest BCUT2D eigenvalue weighted by atomic mass is 10.0. The maximum atomic E-state index is 11.4. The third kappa shape index (κ3) is 80.1. The van der Waals surface area contributed by atoms with Gasteiger partial charge < -0.3 is 29.4 Å². The molecular weight excluding hydrogens is 906 g/mol. The van der Waals surface area contributed by atoms with Gasteiger partial charge in [-0.1, -0.05) is 290 Å². The molecule has 0 aliphatic heterocycles. The fraction of sp³-hybridized carbons (Fsp3) is 0.950. The molecule has 0 saturated heterocycles. The van der Waals surface area contributed by atoms with Gasteiger partial charge in [0.05, 0.1) is 0 Å². The fourth-order valence-electron chi connectivity index (χ4n) is 8.61. The van der Waals surface area contributed by atoms with Gasteiger partial charge in [0, 0.05) is 61.5 Å². The molecule has 3 N–H and O–H groups in total. The average Bonchev–Trinajstić information content (AvgIpc) is 3.32. The number of unbranched alkanes of at least 4 members (excludes halogenated alkanes) is 42. The number of hydrogen-bond acceptors (Lipinski definition) is 4. The molecule has 0 saturated carbocycles. The Morgan fingerprint density at radius 1 is 0.254 bits per heavy atom. The number of rotatable bonds is 48. The minimum Gasteiger partial charge on any atom is -0.349 e. The molecule has 3 amide bonds. The Morgan fingerprint density at radius 3 is 0.451 bits per heavy atom. The quantitative estimate of drug-likeness (QED) is 0.0407. The summed E-state index contributed by atoms with van der Waals surface area (Å²) in [5, 5.41) is 0. The predicted molar refractivity (Wildman–Crippen MR) is 309 cm³/mol. The highest BCUT2D eigenvalue weighted by atomic mass is 31.2. The van der Waals surface area contributed by atoms with Crippen molar-refractivity contribution in [2.45, 2.75) is 329 Å². The van der Waals surface area contributed by atoms with E-state index in [-0.39, 0.29) is 17.7 Å². The normalized spacial score (nSPS) is 10.9. The second kappa shape index (κ2) is 62.8. The van der Waals surface area contributed by atoms with Gasteiger partial charge in [-0.05, 0) is 19.3 Å². The lowest BCUT2D eigenvalue weighted by Gasteiger charge is -2.09. The Morgan fingerprint density at radius 2 is 0.352 bits per heavy atom. The molecule has 0 aliphatic carbocycles. The first-order valence-corrected chi connectivity index (χ1v) is 32.0. The molecule has 0 heterocycles. The zero-order valence-electron chi connectivity index (χ0n) is 49.2. The van der Waals surface area contributed by atoms with E-state index >= 15 is 0 Å². The Labute approximate surface area is 443 Å².